The van der Waals surface area contributed by atoms with E-state index in [1.54, 1.807) is 36.7 Å². The number of amides is 1. The van der Waals surface area contributed by atoms with Gasteiger partial charge < -0.3 is 5.32 Å². The number of nitrogens with zero attached hydrogens (tertiary/aromatic N) is 3. The lowest BCUT2D eigenvalue weighted by atomic mass is 10.2. The molecule has 1 aromatic carbocycles. The smallest absolute Gasteiger partial charge is 0.234 e. The molecule has 0 fully saturated rings. The Morgan fingerprint density at radius 3 is 2.42 bits per heavy atom. The van der Waals surface area contributed by atoms with Crippen LogP contribution in [-0.4, -0.2) is 26.8 Å². The number of nitrogens with one attached hydrogen (secondary N) is 1. The first kappa shape index (κ1) is 16.4. The lowest BCUT2D eigenvalue weighted by Gasteiger charge is -2.05. The van der Waals surface area contributed by atoms with Gasteiger partial charge in [-0.05, 0) is 48.5 Å². The third kappa shape index (κ3) is 4.53. The minimum absolute atomic E-state index is 0.109. The summed E-state index contributed by atoms with van der Waals surface area (Å²) in [6.07, 6.45) is 3.42. The Balaban J connectivity index is 1.54. The summed E-state index contributed by atoms with van der Waals surface area (Å²) in [6, 6.07) is 14.4. The monoisotopic (exact) mass is 356 g/mol. The molecule has 7 heteroatoms. The van der Waals surface area contributed by atoms with Crippen LogP contribution in [0, 0.1) is 0 Å². The number of aromatic nitrogens is 3. The zero-order chi connectivity index (χ0) is 16.8. The van der Waals surface area contributed by atoms with Crippen LogP contribution in [0.15, 0.2) is 66.0 Å². The average molecular weight is 357 g/mol. The molecule has 1 amide bonds. The highest BCUT2D eigenvalue weighted by Crippen LogP contribution is 2.19. The maximum absolute atomic E-state index is 11.9. The van der Waals surface area contributed by atoms with Gasteiger partial charge in [0.1, 0.15) is 5.03 Å². The van der Waals surface area contributed by atoms with Gasteiger partial charge >= 0.3 is 0 Å². The second-order valence-electron chi connectivity index (χ2n) is 4.84. The van der Waals surface area contributed by atoms with Crippen LogP contribution in [0.2, 0.25) is 5.02 Å². The van der Waals surface area contributed by atoms with E-state index in [1.165, 1.54) is 11.8 Å². The summed E-state index contributed by atoms with van der Waals surface area (Å²) in [4.78, 5) is 15.9. The van der Waals surface area contributed by atoms with Crippen molar-refractivity contribution in [3.63, 3.8) is 0 Å². The van der Waals surface area contributed by atoms with Crippen LogP contribution in [0.1, 0.15) is 0 Å². The number of anilines is 1. The van der Waals surface area contributed by atoms with E-state index in [0.717, 1.165) is 11.3 Å². The molecule has 2 heterocycles. The highest BCUT2D eigenvalue weighted by molar-refractivity contribution is 7.99. The minimum Gasteiger partial charge on any atom is -0.325 e. The maximum atomic E-state index is 11.9. The Kier molecular flexibility index (Phi) is 5.40. The van der Waals surface area contributed by atoms with Crippen molar-refractivity contribution in [1.29, 1.82) is 0 Å². The van der Waals surface area contributed by atoms with Crippen LogP contribution in [0.5, 0.6) is 0 Å². The number of thioether (sulfide) groups is 1. The molecular weight excluding hydrogens is 344 g/mol. The van der Waals surface area contributed by atoms with Crippen LogP contribution in [0.25, 0.3) is 11.3 Å². The first-order chi connectivity index (χ1) is 11.7. The zero-order valence-corrected chi connectivity index (χ0v) is 14.1. The first-order valence-corrected chi connectivity index (χ1v) is 8.49. The largest absolute Gasteiger partial charge is 0.325 e. The molecule has 0 aliphatic rings. The molecule has 2 aromatic heterocycles. The number of pyridine rings is 1. The lowest BCUT2D eigenvalue weighted by Crippen LogP contribution is -2.14. The number of hydrogen-bond donors (Lipinski definition) is 1. The third-order valence-electron chi connectivity index (χ3n) is 3.10. The molecule has 0 aliphatic carbocycles. The Morgan fingerprint density at radius 2 is 1.75 bits per heavy atom. The predicted molar refractivity (Wildman–Crippen MR) is 96.1 cm³/mol. The fraction of sp³-hybridized carbons (Fsp3) is 0.0588. The summed E-state index contributed by atoms with van der Waals surface area (Å²) in [7, 11) is 0. The normalized spacial score (nSPS) is 10.4. The Morgan fingerprint density at radius 1 is 1.00 bits per heavy atom. The van der Waals surface area contributed by atoms with Gasteiger partial charge in [-0.1, -0.05) is 23.4 Å². The number of benzene rings is 1. The Labute approximate surface area is 148 Å². The van der Waals surface area contributed by atoms with Crippen molar-refractivity contribution in [2.45, 2.75) is 5.03 Å². The predicted octanol–water partition coefficient (Wildman–Crippen LogP) is 3.92. The van der Waals surface area contributed by atoms with Crippen molar-refractivity contribution in [2.75, 3.05) is 11.1 Å². The van der Waals surface area contributed by atoms with Gasteiger partial charge in [-0.15, -0.1) is 10.2 Å². The van der Waals surface area contributed by atoms with Crippen LogP contribution in [0.4, 0.5) is 5.69 Å². The topological polar surface area (TPSA) is 67.8 Å². The second-order valence-corrected chi connectivity index (χ2v) is 6.27. The van der Waals surface area contributed by atoms with Crippen molar-refractivity contribution in [1.82, 2.24) is 15.2 Å². The Hall–Kier alpha value is -2.44. The standard InChI is InChI=1S/C17H13ClN4OS/c18-13-1-3-14(4-2-13)20-16(23)11-24-17-6-5-15(21-22-17)12-7-9-19-10-8-12/h1-10H,11H2,(H,20,23). The third-order valence-corrected chi connectivity index (χ3v) is 4.27. The number of rotatable bonds is 5. The van der Waals surface area contributed by atoms with E-state index in [1.807, 2.05) is 24.3 Å². The summed E-state index contributed by atoms with van der Waals surface area (Å²) < 4.78 is 0. The van der Waals surface area contributed by atoms with Crippen molar-refractivity contribution in [3.8, 4) is 11.3 Å². The SMILES string of the molecule is O=C(CSc1ccc(-c2ccncc2)nn1)Nc1ccc(Cl)cc1. The van der Waals surface area contributed by atoms with Gasteiger partial charge in [-0.25, -0.2) is 0 Å². The van der Waals surface area contributed by atoms with E-state index in [-0.39, 0.29) is 11.7 Å². The van der Waals surface area contributed by atoms with Gasteiger partial charge in [0.2, 0.25) is 5.91 Å². The quantitative estimate of drug-likeness (QED) is 0.702. The first-order valence-electron chi connectivity index (χ1n) is 7.13. The lowest BCUT2D eigenvalue weighted by molar-refractivity contribution is -0.113. The van der Waals surface area contributed by atoms with Crippen molar-refractivity contribution >= 4 is 35.0 Å². The molecule has 5 nitrogen and oxygen atoms in total. The van der Waals surface area contributed by atoms with Gasteiger partial charge in [0.15, 0.2) is 0 Å². The van der Waals surface area contributed by atoms with Crippen LogP contribution >= 0.6 is 23.4 Å². The summed E-state index contributed by atoms with van der Waals surface area (Å²) >= 11 is 7.14. The van der Waals surface area contributed by atoms with Gasteiger partial charge in [0.25, 0.3) is 0 Å². The molecule has 0 unspecified atom stereocenters. The van der Waals surface area contributed by atoms with Gasteiger partial charge in [-0.3, -0.25) is 9.78 Å². The summed E-state index contributed by atoms with van der Waals surface area (Å²) in [5.74, 6) is 0.147. The van der Waals surface area contributed by atoms with E-state index in [2.05, 4.69) is 20.5 Å². The van der Waals surface area contributed by atoms with E-state index in [4.69, 9.17) is 11.6 Å². The fourth-order valence-corrected chi connectivity index (χ4v) is 2.68. The molecule has 3 rings (SSSR count). The molecular formula is C17H13ClN4OS. The van der Waals surface area contributed by atoms with Gasteiger partial charge in [0, 0.05) is 28.7 Å². The average Bonchev–Trinajstić information content (AvgIpc) is 2.63. The zero-order valence-electron chi connectivity index (χ0n) is 12.5. The Bertz CT molecular complexity index is 810. The molecule has 120 valence electrons. The molecule has 0 saturated heterocycles. The highest BCUT2D eigenvalue weighted by atomic mass is 35.5. The van der Waals surface area contributed by atoms with Crippen LogP contribution < -0.4 is 5.32 Å². The summed E-state index contributed by atoms with van der Waals surface area (Å²) in [5, 5.41) is 12.4. The van der Waals surface area contributed by atoms with Crippen molar-refractivity contribution < 1.29 is 4.79 Å². The molecule has 1 N–H and O–H groups in total. The number of halogens is 1. The fourth-order valence-electron chi connectivity index (χ4n) is 1.94. The second kappa shape index (κ2) is 7.90. The molecule has 0 atom stereocenters. The number of carbonyl (C=O) groups excluding carboxylic acids is 1. The number of hydrogen-bond acceptors (Lipinski definition) is 5. The minimum atomic E-state index is -0.109. The summed E-state index contributed by atoms with van der Waals surface area (Å²) in [5.41, 5.74) is 2.44. The van der Waals surface area contributed by atoms with Crippen LogP contribution in [0.3, 0.4) is 0 Å². The van der Waals surface area contributed by atoms with E-state index < -0.39 is 0 Å². The van der Waals surface area contributed by atoms with Gasteiger partial charge in [0.05, 0.1) is 11.4 Å². The van der Waals surface area contributed by atoms with E-state index in [0.29, 0.717) is 15.7 Å². The van der Waals surface area contributed by atoms with E-state index >= 15 is 0 Å². The van der Waals surface area contributed by atoms with E-state index in [9.17, 15) is 4.79 Å². The van der Waals surface area contributed by atoms with Crippen LogP contribution in [-0.2, 0) is 4.79 Å². The van der Waals surface area contributed by atoms with Crippen molar-refractivity contribution in [2.24, 2.45) is 0 Å². The molecule has 0 radical (unpaired) electrons. The van der Waals surface area contributed by atoms with Gasteiger partial charge in [-0.2, -0.15) is 0 Å². The highest BCUT2D eigenvalue weighted by Gasteiger charge is 2.06. The molecule has 24 heavy (non-hydrogen) atoms. The molecule has 3 aromatic rings. The number of carbonyl (C=O) groups is 1. The maximum Gasteiger partial charge on any atom is 0.234 e. The molecule has 0 spiro atoms. The molecule has 0 saturated carbocycles. The molecule has 0 bridgehead atoms. The molecule has 0 aliphatic heterocycles. The van der Waals surface area contributed by atoms with Crippen molar-refractivity contribution in [3.05, 3.63) is 65.9 Å². The summed E-state index contributed by atoms with van der Waals surface area (Å²) in [6.45, 7) is 0.